The first-order valence-electron chi connectivity index (χ1n) is 6.24. The third-order valence-electron chi connectivity index (χ3n) is 3.76. The van der Waals surface area contributed by atoms with Gasteiger partial charge in [0.05, 0.1) is 4.92 Å². The number of nitrogen functional groups attached to an aromatic ring is 1. The van der Waals surface area contributed by atoms with E-state index in [1.54, 1.807) is 11.0 Å². The van der Waals surface area contributed by atoms with Crippen LogP contribution in [0.15, 0.2) is 18.2 Å². The van der Waals surface area contributed by atoms with E-state index in [9.17, 15) is 14.9 Å². The van der Waals surface area contributed by atoms with Crippen molar-refractivity contribution in [1.29, 1.82) is 0 Å². The smallest absolute Gasteiger partial charge is 0.304 e. The van der Waals surface area contributed by atoms with E-state index in [0.29, 0.717) is 24.9 Å². The van der Waals surface area contributed by atoms with Crippen LogP contribution in [0.4, 0.5) is 11.4 Å². The molecule has 1 amide bonds. The van der Waals surface area contributed by atoms with Crippen LogP contribution in [-0.4, -0.2) is 28.8 Å². The Morgan fingerprint density at radius 2 is 1.95 bits per heavy atom. The number of rotatable bonds is 2. The highest BCUT2D eigenvalue weighted by Gasteiger charge is 2.33. The maximum Gasteiger partial charge on any atom is 0.304 e. The van der Waals surface area contributed by atoms with Gasteiger partial charge in [-0.1, -0.05) is 19.9 Å². The molecule has 1 aliphatic heterocycles. The van der Waals surface area contributed by atoms with Gasteiger partial charge in [0.2, 0.25) is 0 Å². The van der Waals surface area contributed by atoms with E-state index in [1.807, 2.05) is 0 Å². The number of nitrogens with zero attached hydrogens (tertiary/aromatic N) is 2. The Kier molecular flexibility index (Phi) is 3.42. The zero-order valence-electron chi connectivity index (χ0n) is 11.0. The zero-order valence-corrected chi connectivity index (χ0v) is 11.0. The maximum absolute atomic E-state index is 12.4. The Morgan fingerprint density at radius 1 is 1.37 bits per heavy atom. The van der Waals surface area contributed by atoms with Crippen molar-refractivity contribution in [3.8, 4) is 0 Å². The normalized spacial score (nSPS) is 22.5. The van der Waals surface area contributed by atoms with Crippen molar-refractivity contribution in [2.45, 2.75) is 13.8 Å². The minimum Gasteiger partial charge on any atom is -0.393 e. The molecular weight excluding hydrogens is 246 g/mol. The maximum atomic E-state index is 12.4. The lowest BCUT2D eigenvalue weighted by molar-refractivity contribution is -0.384. The fourth-order valence-corrected chi connectivity index (χ4v) is 2.40. The standard InChI is InChI=1S/C13H17N3O3/c1-8-6-15(7-9(8)2)13(17)10-4-3-5-11(14)12(10)16(18)19/h3-5,8-9H,6-7,14H2,1-2H3. The Bertz CT molecular complexity index is 520. The second-order valence-electron chi connectivity index (χ2n) is 5.17. The molecule has 2 atom stereocenters. The topological polar surface area (TPSA) is 89.5 Å². The average Bonchev–Trinajstić information content (AvgIpc) is 2.68. The van der Waals surface area contributed by atoms with Gasteiger partial charge in [-0.15, -0.1) is 0 Å². The number of benzene rings is 1. The van der Waals surface area contributed by atoms with E-state index in [0.717, 1.165) is 0 Å². The number of amides is 1. The van der Waals surface area contributed by atoms with Gasteiger partial charge in [0, 0.05) is 13.1 Å². The minimum absolute atomic E-state index is 0.0242. The summed E-state index contributed by atoms with van der Waals surface area (Å²) in [5.74, 6) is 0.503. The number of anilines is 1. The van der Waals surface area contributed by atoms with E-state index >= 15 is 0 Å². The number of hydrogen-bond donors (Lipinski definition) is 1. The number of nitro benzene ring substituents is 1. The molecule has 1 heterocycles. The largest absolute Gasteiger partial charge is 0.393 e. The van der Waals surface area contributed by atoms with Gasteiger partial charge in [0.25, 0.3) is 5.91 Å². The van der Waals surface area contributed by atoms with Crippen molar-refractivity contribution in [3.63, 3.8) is 0 Å². The average molecular weight is 263 g/mol. The number of carbonyl (C=O) groups excluding carboxylic acids is 1. The first-order valence-corrected chi connectivity index (χ1v) is 6.24. The molecule has 1 aliphatic rings. The van der Waals surface area contributed by atoms with Crippen molar-refractivity contribution in [1.82, 2.24) is 4.90 Å². The Hall–Kier alpha value is -2.11. The van der Waals surface area contributed by atoms with Crippen LogP contribution < -0.4 is 5.73 Å². The zero-order chi connectivity index (χ0) is 14.2. The first kappa shape index (κ1) is 13.3. The summed E-state index contributed by atoms with van der Waals surface area (Å²) in [6, 6.07) is 4.47. The van der Waals surface area contributed by atoms with E-state index in [-0.39, 0.29) is 22.8 Å². The van der Waals surface area contributed by atoms with Crippen LogP contribution in [0, 0.1) is 22.0 Å². The SMILES string of the molecule is CC1CN(C(=O)c2cccc(N)c2[N+](=O)[O-])CC1C. The Labute approximate surface area is 111 Å². The summed E-state index contributed by atoms with van der Waals surface area (Å²) in [4.78, 5) is 24.5. The lowest BCUT2D eigenvalue weighted by Gasteiger charge is -2.16. The van der Waals surface area contributed by atoms with Crippen LogP contribution in [-0.2, 0) is 0 Å². The van der Waals surface area contributed by atoms with Gasteiger partial charge < -0.3 is 10.6 Å². The summed E-state index contributed by atoms with van der Waals surface area (Å²) in [7, 11) is 0. The summed E-state index contributed by atoms with van der Waals surface area (Å²) in [5.41, 5.74) is 5.41. The molecule has 2 rings (SSSR count). The molecule has 0 radical (unpaired) electrons. The highest BCUT2D eigenvalue weighted by molar-refractivity contribution is 6.00. The number of para-hydroxylation sites is 1. The molecule has 1 aromatic rings. The van der Waals surface area contributed by atoms with Crippen LogP contribution in [0.1, 0.15) is 24.2 Å². The molecule has 1 aromatic carbocycles. The van der Waals surface area contributed by atoms with Crippen molar-refractivity contribution in [2.24, 2.45) is 11.8 Å². The fraction of sp³-hybridized carbons (Fsp3) is 0.462. The Morgan fingerprint density at radius 3 is 2.47 bits per heavy atom. The highest BCUT2D eigenvalue weighted by atomic mass is 16.6. The third kappa shape index (κ3) is 2.38. The lowest BCUT2D eigenvalue weighted by atomic mass is 10.0. The number of hydrogen-bond acceptors (Lipinski definition) is 4. The molecule has 0 aromatic heterocycles. The molecule has 0 aliphatic carbocycles. The van der Waals surface area contributed by atoms with Gasteiger partial charge in [0.15, 0.2) is 0 Å². The molecule has 0 saturated carbocycles. The van der Waals surface area contributed by atoms with Gasteiger partial charge in [0.1, 0.15) is 11.3 Å². The van der Waals surface area contributed by atoms with E-state index < -0.39 is 4.92 Å². The molecule has 1 saturated heterocycles. The molecule has 0 spiro atoms. The number of nitro groups is 1. The second kappa shape index (κ2) is 4.87. The Balaban J connectivity index is 2.35. The minimum atomic E-state index is -0.592. The van der Waals surface area contributed by atoms with Crippen molar-refractivity contribution in [2.75, 3.05) is 18.8 Å². The lowest BCUT2D eigenvalue weighted by Crippen LogP contribution is -2.29. The molecule has 0 bridgehead atoms. The van der Waals surface area contributed by atoms with Crippen LogP contribution >= 0.6 is 0 Å². The summed E-state index contributed by atoms with van der Waals surface area (Å²) in [5, 5.41) is 11.0. The van der Waals surface area contributed by atoms with Crippen molar-refractivity contribution in [3.05, 3.63) is 33.9 Å². The number of carbonyl (C=O) groups is 1. The summed E-state index contributed by atoms with van der Waals surface area (Å²) >= 11 is 0. The van der Waals surface area contributed by atoms with Gasteiger partial charge >= 0.3 is 5.69 Å². The van der Waals surface area contributed by atoms with Crippen molar-refractivity contribution >= 4 is 17.3 Å². The molecule has 2 N–H and O–H groups in total. The molecule has 102 valence electrons. The van der Waals surface area contributed by atoms with Crippen LogP contribution in [0.25, 0.3) is 0 Å². The summed E-state index contributed by atoms with van der Waals surface area (Å²) < 4.78 is 0. The van der Waals surface area contributed by atoms with E-state index in [2.05, 4.69) is 13.8 Å². The highest BCUT2D eigenvalue weighted by Crippen LogP contribution is 2.30. The van der Waals surface area contributed by atoms with E-state index in [1.165, 1.54) is 12.1 Å². The van der Waals surface area contributed by atoms with Gasteiger partial charge in [-0.2, -0.15) is 0 Å². The monoisotopic (exact) mass is 263 g/mol. The predicted octanol–water partition coefficient (Wildman–Crippen LogP) is 1.90. The van der Waals surface area contributed by atoms with Gasteiger partial charge in [-0.25, -0.2) is 0 Å². The predicted molar refractivity (Wildman–Crippen MR) is 71.7 cm³/mol. The number of likely N-dealkylation sites (tertiary alicyclic amines) is 1. The van der Waals surface area contributed by atoms with Crippen LogP contribution in [0.5, 0.6) is 0 Å². The molecular formula is C13H17N3O3. The molecule has 1 fully saturated rings. The van der Waals surface area contributed by atoms with Crippen LogP contribution in [0.3, 0.4) is 0 Å². The van der Waals surface area contributed by atoms with Crippen molar-refractivity contribution < 1.29 is 9.72 Å². The second-order valence-corrected chi connectivity index (χ2v) is 5.17. The van der Waals surface area contributed by atoms with Gasteiger partial charge in [-0.05, 0) is 24.0 Å². The summed E-state index contributed by atoms with van der Waals surface area (Å²) in [6.07, 6.45) is 0. The summed E-state index contributed by atoms with van der Waals surface area (Å²) in [6.45, 7) is 5.41. The van der Waals surface area contributed by atoms with Gasteiger partial charge in [-0.3, -0.25) is 14.9 Å². The van der Waals surface area contributed by atoms with Crippen LogP contribution in [0.2, 0.25) is 0 Å². The van der Waals surface area contributed by atoms with E-state index in [4.69, 9.17) is 5.73 Å². The molecule has 6 nitrogen and oxygen atoms in total. The first-order chi connectivity index (χ1) is 8.91. The molecule has 2 unspecified atom stereocenters. The third-order valence-corrected chi connectivity index (χ3v) is 3.76. The quantitative estimate of drug-likeness (QED) is 0.501. The number of nitrogens with two attached hydrogens (primary N) is 1. The molecule has 6 heteroatoms. The molecule has 19 heavy (non-hydrogen) atoms. The fourth-order valence-electron chi connectivity index (χ4n) is 2.40.